The third-order valence-electron chi connectivity index (χ3n) is 4.75. The molecule has 0 spiro atoms. The summed E-state index contributed by atoms with van der Waals surface area (Å²) in [6.45, 7) is 11.3. The highest BCUT2D eigenvalue weighted by Crippen LogP contribution is 2.20. The highest BCUT2D eigenvalue weighted by atomic mass is 16.5. The molecule has 2 aliphatic rings. The molecule has 0 aliphatic carbocycles. The number of aliphatic hydroxyl groups is 2. The number of hydrogen-bond donors (Lipinski definition) is 2. The van der Waals surface area contributed by atoms with Crippen LogP contribution in [-0.2, 0) is 4.74 Å². The predicted molar refractivity (Wildman–Crippen MR) is 83.3 cm³/mol. The fourth-order valence-corrected chi connectivity index (χ4v) is 3.71. The number of nitrogens with zero attached hydrogens (tertiary/aromatic N) is 2. The largest absolute Gasteiger partial charge is 0.393 e. The zero-order chi connectivity index (χ0) is 15.4. The van der Waals surface area contributed by atoms with Crippen molar-refractivity contribution < 1.29 is 14.9 Å². The number of likely N-dealkylation sites (tertiary alicyclic amines) is 1. The first-order valence-electron chi connectivity index (χ1n) is 8.40. The van der Waals surface area contributed by atoms with Crippen molar-refractivity contribution in [2.45, 2.75) is 58.0 Å². The van der Waals surface area contributed by atoms with Crippen molar-refractivity contribution in [1.82, 2.24) is 9.80 Å². The minimum atomic E-state index is -0.300. The molecule has 2 saturated heterocycles. The van der Waals surface area contributed by atoms with Gasteiger partial charge in [-0.1, -0.05) is 0 Å². The van der Waals surface area contributed by atoms with Crippen molar-refractivity contribution in [3.8, 4) is 0 Å². The lowest BCUT2D eigenvalue weighted by molar-refractivity contribution is -0.0785. The first-order chi connectivity index (χ1) is 9.94. The minimum absolute atomic E-state index is 0.201. The van der Waals surface area contributed by atoms with Crippen molar-refractivity contribution in [3.05, 3.63) is 0 Å². The molecule has 0 amide bonds. The second-order valence-corrected chi connectivity index (χ2v) is 7.01. The summed E-state index contributed by atoms with van der Waals surface area (Å²) in [5, 5.41) is 20.0. The second-order valence-electron chi connectivity index (χ2n) is 7.01. The van der Waals surface area contributed by atoms with Crippen LogP contribution in [0.5, 0.6) is 0 Å². The molecule has 0 aromatic rings. The summed E-state index contributed by atoms with van der Waals surface area (Å²) >= 11 is 0. The molecule has 21 heavy (non-hydrogen) atoms. The molecular weight excluding hydrogens is 268 g/mol. The minimum Gasteiger partial charge on any atom is -0.393 e. The van der Waals surface area contributed by atoms with Crippen molar-refractivity contribution >= 4 is 0 Å². The van der Waals surface area contributed by atoms with E-state index in [0.29, 0.717) is 5.92 Å². The molecular formula is C16H32N2O3. The van der Waals surface area contributed by atoms with Crippen LogP contribution in [0.25, 0.3) is 0 Å². The van der Waals surface area contributed by atoms with Gasteiger partial charge in [-0.2, -0.15) is 0 Å². The summed E-state index contributed by atoms with van der Waals surface area (Å²) in [6, 6.07) is 0. The molecule has 124 valence electrons. The molecule has 2 heterocycles. The Hall–Kier alpha value is -0.200. The van der Waals surface area contributed by atoms with Crippen molar-refractivity contribution in [2.75, 3.05) is 39.3 Å². The molecule has 4 atom stereocenters. The van der Waals surface area contributed by atoms with E-state index < -0.39 is 0 Å². The Labute approximate surface area is 128 Å². The van der Waals surface area contributed by atoms with Crippen LogP contribution in [-0.4, -0.2) is 83.7 Å². The number of hydrogen-bond acceptors (Lipinski definition) is 5. The quantitative estimate of drug-likeness (QED) is 0.776. The fraction of sp³-hybridized carbons (Fsp3) is 1.00. The molecule has 0 saturated carbocycles. The van der Waals surface area contributed by atoms with Crippen molar-refractivity contribution in [1.29, 1.82) is 0 Å². The van der Waals surface area contributed by atoms with Crippen molar-refractivity contribution in [3.63, 3.8) is 0 Å². The van der Waals surface area contributed by atoms with Gasteiger partial charge in [-0.3, -0.25) is 4.90 Å². The van der Waals surface area contributed by atoms with E-state index in [1.54, 1.807) is 0 Å². The van der Waals surface area contributed by atoms with Gasteiger partial charge < -0.3 is 19.8 Å². The monoisotopic (exact) mass is 300 g/mol. The van der Waals surface area contributed by atoms with E-state index in [2.05, 4.69) is 23.6 Å². The Morgan fingerprint density at radius 2 is 1.52 bits per heavy atom. The van der Waals surface area contributed by atoms with E-state index in [9.17, 15) is 10.2 Å². The average Bonchev–Trinajstić information content (AvgIpc) is 2.37. The number of β-amino-alcohol motifs (C(OH)–C–C–N with tert-alkyl or cyclic N) is 1. The Kier molecular flexibility index (Phi) is 6.44. The molecule has 5 heteroatoms. The van der Waals surface area contributed by atoms with Gasteiger partial charge in [0.1, 0.15) is 0 Å². The summed E-state index contributed by atoms with van der Waals surface area (Å²) in [7, 11) is 0. The van der Waals surface area contributed by atoms with Crippen LogP contribution < -0.4 is 0 Å². The topological polar surface area (TPSA) is 56.2 Å². The average molecular weight is 300 g/mol. The van der Waals surface area contributed by atoms with Gasteiger partial charge in [0.2, 0.25) is 0 Å². The van der Waals surface area contributed by atoms with E-state index in [1.807, 2.05) is 6.92 Å². The van der Waals surface area contributed by atoms with Crippen LogP contribution in [0.15, 0.2) is 0 Å². The number of piperidine rings is 1. The Morgan fingerprint density at radius 1 is 1.00 bits per heavy atom. The van der Waals surface area contributed by atoms with Crippen LogP contribution in [0.1, 0.15) is 33.6 Å². The smallest absolute Gasteiger partial charge is 0.0793 e. The Balaban J connectivity index is 1.69. The van der Waals surface area contributed by atoms with Gasteiger partial charge >= 0.3 is 0 Å². The molecule has 2 rings (SSSR count). The van der Waals surface area contributed by atoms with E-state index in [1.165, 1.54) is 0 Å². The number of morpholine rings is 1. The van der Waals surface area contributed by atoms with E-state index >= 15 is 0 Å². The van der Waals surface area contributed by atoms with Crippen LogP contribution in [0.2, 0.25) is 0 Å². The molecule has 2 N–H and O–H groups in total. The second kappa shape index (κ2) is 7.88. The zero-order valence-electron chi connectivity index (χ0n) is 13.7. The fourth-order valence-electron chi connectivity index (χ4n) is 3.71. The van der Waals surface area contributed by atoms with Crippen molar-refractivity contribution in [2.24, 2.45) is 5.92 Å². The van der Waals surface area contributed by atoms with Gasteiger partial charge in [0.05, 0.1) is 24.4 Å². The van der Waals surface area contributed by atoms with Gasteiger partial charge in [-0.25, -0.2) is 0 Å². The molecule has 2 fully saturated rings. The lowest BCUT2D eigenvalue weighted by Crippen LogP contribution is -2.50. The summed E-state index contributed by atoms with van der Waals surface area (Å²) < 4.78 is 5.72. The SMILES string of the molecule is CC1CN(CC(O)CN2CCC(C(C)O)CC2)CC(C)O1. The molecule has 5 nitrogen and oxygen atoms in total. The van der Waals surface area contributed by atoms with E-state index in [4.69, 9.17) is 4.74 Å². The number of aliphatic hydroxyl groups excluding tert-OH is 2. The summed E-state index contributed by atoms with van der Waals surface area (Å²) in [5.41, 5.74) is 0. The summed E-state index contributed by atoms with van der Waals surface area (Å²) in [6.07, 6.45) is 2.08. The lowest BCUT2D eigenvalue weighted by Gasteiger charge is -2.38. The molecule has 0 aromatic heterocycles. The standard InChI is InChI=1S/C16H32N2O3/c1-12-8-18(9-13(2)21-12)11-16(20)10-17-6-4-15(5-7-17)14(3)19/h12-16,19-20H,4-11H2,1-3H3. The van der Waals surface area contributed by atoms with Crippen LogP contribution in [0.3, 0.4) is 0 Å². The van der Waals surface area contributed by atoms with Gasteiger partial charge in [0.25, 0.3) is 0 Å². The normalized spacial score (nSPS) is 33.0. The molecule has 4 unspecified atom stereocenters. The summed E-state index contributed by atoms with van der Waals surface area (Å²) in [4.78, 5) is 4.64. The first-order valence-corrected chi connectivity index (χ1v) is 8.40. The third-order valence-corrected chi connectivity index (χ3v) is 4.75. The molecule has 0 aromatic carbocycles. The number of ether oxygens (including phenoxy) is 1. The Bertz CT molecular complexity index is 296. The van der Waals surface area contributed by atoms with Crippen LogP contribution in [0, 0.1) is 5.92 Å². The highest BCUT2D eigenvalue weighted by molar-refractivity contribution is 4.80. The predicted octanol–water partition coefficient (Wildman–Crippen LogP) is 0.549. The maximum atomic E-state index is 10.3. The zero-order valence-corrected chi connectivity index (χ0v) is 13.7. The van der Waals surface area contributed by atoms with E-state index in [0.717, 1.165) is 52.1 Å². The van der Waals surface area contributed by atoms with Crippen LogP contribution >= 0.6 is 0 Å². The molecule has 0 bridgehead atoms. The van der Waals surface area contributed by atoms with Gasteiger partial charge in [0.15, 0.2) is 0 Å². The maximum Gasteiger partial charge on any atom is 0.0793 e. The Morgan fingerprint density at radius 3 is 2.05 bits per heavy atom. The maximum absolute atomic E-state index is 10.3. The third kappa shape index (κ3) is 5.49. The lowest BCUT2D eigenvalue weighted by atomic mass is 9.92. The van der Waals surface area contributed by atoms with Gasteiger partial charge in [-0.15, -0.1) is 0 Å². The highest BCUT2D eigenvalue weighted by Gasteiger charge is 2.26. The first kappa shape index (κ1) is 17.2. The molecule has 2 aliphatic heterocycles. The van der Waals surface area contributed by atoms with Crippen LogP contribution in [0.4, 0.5) is 0 Å². The van der Waals surface area contributed by atoms with Gasteiger partial charge in [-0.05, 0) is 52.6 Å². The number of rotatable bonds is 5. The summed E-state index contributed by atoms with van der Waals surface area (Å²) in [5.74, 6) is 0.430. The molecule has 0 radical (unpaired) electrons. The van der Waals surface area contributed by atoms with Gasteiger partial charge in [0, 0.05) is 26.2 Å². The van der Waals surface area contributed by atoms with E-state index in [-0.39, 0.29) is 24.4 Å².